The maximum absolute atomic E-state index is 5.12. The van der Waals surface area contributed by atoms with Crippen LogP contribution in [-0.2, 0) is 0 Å². The van der Waals surface area contributed by atoms with Gasteiger partial charge in [0.1, 0.15) is 0 Å². The van der Waals surface area contributed by atoms with Crippen molar-refractivity contribution in [2.24, 2.45) is 0 Å². The highest BCUT2D eigenvalue weighted by Crippen LogP contribution is 2.34. The van der Waals surface area contributed by atoms with E-state index < -0.39 is 0 Å². The SMILES string of the molecule is CC(C)c1ccc2ccc3c(-c4nc(-c5ccccc5)nc(-c5ccccc5)n4)cc(C(C)C)nc3c2n1. The summed E-state index contributed by atoms with van der Waals surface area (Å²) in [4.78, 5) is 25.0. The van der Waals surface area contributed by atoms with Gasteiger partial charge in [-0.25, -0.2) is 15.0 Å². The number of fused-ring (bicyclic) bond motifs is 3. The number of aromatic nitrogens is 5. The lowest BCUT2D eigenvalue weighted by molar-refractivity contribution is 0.826. The second-order valence-corrected chi connectivity index (χ2v) is 10.2. The first-order valence-electron chi connectivity index (χ1n) is 13.1. The Labute approximate surface area is 222 Å². The number of hydrogen-bond donors (Lipinski definition) is 0. The van der Waals surface area contributed by atoms with E-state index in [0.717, 1.165) is 49.9 Å². The fourth-order valence-electron chi connectivity index (χ4n) is 4.64. The molecule has 3 aromatic heterocycles. The summed E-state index contributed by atoms with van der Waals surface area (Å²) in [5, 5.41) is 2.06. The second-order valence-electron chi connectivity index (χ2n) is 10.2. The van der Waals surface area contributed by atoms with Gasteiger partial charge in [0.15, 0.2) is 17.5 Å². The fraction of sp³-hybridized carbons (Fsp3) is 0.182. The van der Waals surface area contributed by atoms with Crippen LogP contribution >= 0.6 is 0 Å². The zero-order valence-electron chi connectivity index (χ0n) is 22.1. The molecule has 3 heterocycles. The third-order valence-electron chi connectivity index (χ3n) is 6.80. The molecule has 0 saturated heterocycles. The van der Waals surface area contributed by atoms with Crippen LogP contribution in [0.1, 0.15) is 50.9 Å². The van der Waals surface area contributed by atoms with Gasteiger partial charge >= 0.3 is 0 Å². The molecule has 0 spiro atoms. The summed E-state index contributed by atoms with van der Waals surface area (Å²) >= 11 is 0. The normalized spacial score (nSPS) is 11.6. The van der Waals surface area contributed by atoms with Crippen LogP contribution < -0.4 is 0 Å². The molecule has 3 aromatic carbocycles. The molecule has 0 amide bonds. The summed E-state index contributed by atoms with van der Waals surface area (Å²) in [6.45, 7) is 8.65. The van der Waals surface area contributed by atoms with E-state index in [1.54, 1.807) is 0 Å². The maximum atomic E-state index is 5.12. The lowest BCUT2D eigenvalue weighted by Gasteiger charge is -2.15. The predicted molar refractivity (Wildman–Crippen MR) is 155 cm³/mol. The van der Waals surface area contributed by atoms with Crippen LogP contribution in [0.25, 0.3) is 56.0 Å². The van der Waals surface area contributed by atoms with Crippen LogP contribution in [0.3, 0.4) is 0 Å². The Bertz CT molecular complexity index is 1700. The minimum atomic E-state index is 0.228. The van der Waals surface area contributed by atoms with Crippen LogP contribution in [0.2, 0.25) is 0 Å². The Kier molecular flexibility index (Phi) is 6.12. The van der Waals surface area contributed by atoms with Gasteiger partial charge in [-0.05, 0) is 24.0 Å². The zero-order chi connectivity index (χ0) is 26.2. The first-order chi connectivity index (χ1) is 18.5. The predicted octanol–water partition coefficient (Wildman–Crippen LogP) is 8.22. The van der Waals surface area contributed by atoms with E-state index in [0.29, 0.717) is 23.4 Å². The van der Waals surface area contributed by atoms with E-state index in [1.807, 2.05) is 60.7 Å². The van der Waals surface area contributed by atoms with Crippen LogP contribution in [0.4, 0.5) is 0 Å². The summed E-state index contributed by atoms with van der Waals surface area (Å²) in [7, 11) is 0. The van der Waals surface area contributed by atoms with Crippen molar-refractivity contribution in [3.63, 3.8) is 0 Å². The monoisotopic (exact) mass is 495 g/mol. The molecule has 5 nitrogen and oxygen atoms in total. The Morgan fingerprint density at radius 1 is 0.474 bits per heavy atom. The summed E-state index contributed by atoms with van der Waals surface area (Å²) in [5.41, 5.74) is 6.68. The van der Waals surface area contributed by atoms with Crippen molar-refractivity contribution in [3.05, 3.63) is 102 Å². The quantitative estimate of drug-likeness (QED) is 0.225. The zero-order valence-corrected chi connectivity index (χ0v) is 22.1. The van der Waals surface area contributed by atoms with Gasteiger partial charge in [0.2, 0.25) is 0 Å². The summed E-state index contributed by atoms with van der Waals surface area (Å²) < 4.78 is 0. The lowest BCUT2D eigenvalue weighted by atomic mass is 9.99. The number of benzene rings is 3. The Morgan fingerprint density at radius 2 is 1.00 bits per heavy atom. The molecule has 5 heteroatoms. The van der Waals surface area contributed by atoms with Gasteiger partial charge < -0.3 is 0 Å². The van der Waals surface area contributed by atoms with Gasteiger partial charge in [-0.2, -0.15) is 0 Å². The molecule has 0 aliphatic carbocycles. The van der Waals surface area contributed by atoms with E-state index in [9.17, 15) is 0 Å². The molecule has 0 bridgehead atoms. The summed E-state index contributed by atoms with van der Waals surface area (Å²) in [5.74, 6) is 2.47. The molecule has 38 heavy (non-hydrogen) atoms. The van der Waals surface area contributed by atoms with Gasteiger partial charge in [0.25, 0.3) is 0 Å². The van der Waals surface area contributed by atoms with E-state index in [4.69, 9.17) is 24.9 Å². The van der Waals surface area contributed by atoms with Crippen LogP contribution in [0.5, 0.6) is 0 Å². The second kappa shape index (κ2) is 9.75. The smallest absolute Gasteiger partial charge is 0.164 e. The van der Waals surface area contributed by atoms with Gasteiger partial charge in [0.05, 0.1) is 11.0 Å². The fourth-order valence-corrected chi connectivity index (χ4v) is 4.64. The molecule has 0 aliphatic rings. The van der Waals surface area contributed by atoms with Crippen molar-refractivity contribution < 1.29 is 0 Å². The van der Waals surface area contributed by atoms with Crippen molar-refractivity contribution in [2.45, 2.75) is 39.5 Å². The van der Waals surface area contributed by atoms with E-state index in [-0.39, 0.29) is 5.92 Å². The summed E-state index contributed by atoms with van der Waals surface area (Å²) in [6.07, 6.45) is 0. The van der Waals surface area contributed by atoms with E-state index >= 15 is 0 Å². The average molecular weight is 496 g/mol. The molecule has 6 rings (SSSR count). The molecule has 0 saturated carbocycles. The first-order valence-corrected chi connectivity index (χ1v) is 13.1. The van der Waals surface area contributed by atoms with Crippen molar-refractivity contribution >= 4 is 21.8 Å². The van der Waals surface area contributed by atoms with Gasteiger partial charge in [-0.3, -0.25) is 9.97 Å². The molecular formula is C33H29N5. The molecule has 186 valence electrons. The van der Waals surface area contributed by atoms with Crippen LogP contribution in [0, 0.1) is 0 Å². The van der Waals surface area contributed by atoms with Crippen molar-refractivity contribution in [3.8, 4) is 34.2 Å². The topological polar surface area (TPSA) is 64.5 Å². The van der Waals surface area contributed by atoms with Crippen molar-refractivity contribution in [2.75, 3.05) is 0 Å². The Morgan fingerprint density at radius 3 is 1.58 bits per heavy atom. The highest BCUT2D eigenvalue weighted by molar-refractivity contribution is 6.07. The molecular weight excluding hydrogens is 466 g/mol. The molecule has 0 fully saturated rings. The summed E-state index contributed by atoms with van der Waals surface area (Å²) in [6, 6.07) is 30.8. The minimum Gasteiger partial charge on any atom is -0.250 e. The largest absolute Gasteiger partial charge is 0.250 e. The van der Waals surface area contributed by atoms with Gasteiger partial charge in [-0.15, -0.1) is 0 Å². The molecule has 0 unspecified atom stereocenters. The van der Waals surface area contributed by atoms with Gasteiger partial charge in [0, 0.05) is 38.9 Å². The van der Waals surface area contributed by atoms with Gasteiger partial charge in [-0.1, -0.05) is 107 Å². The minimum absolute atomic E-state index is 0.228. The molecule has 0 aliphatic heterocycles. The van der Waals surface area contributed by atoms with E-state index in [1.165, 1.54) is 0 Å². The average Bonchev–Trinajstić information content (AvgIpc) is 2.96. The van der Waals surface area contributed by atoms with Crippen LogP contribution in [-0.4, -0.2) is 24.9 Å². The molecule has 6 aromatic rings. The van der Waals surface area contributed by atoms with Crippen LogP contribution in [0.15, 0.2) is 91.0 Å². The molecule has 0 N–H and O–H groups in total. The highest BCUT2D eigenvalue weighted by Gasteiger charge is 2.18. The molecule has 0 radical (unpaired) electrons. The van der Waals surface area contributed by atoms with Crippen molar-refractivity contribution in [1.29, 1.82) is 0 Å². The number of rotatable bonds is 5. The lowest BCUT2D eigenvalue weighted by Crippen LogP contribution is -2.03. The Balaban J connectivity index is 1.67. The first kappa shape index (κ1) is 23.9. The third kappa shape index (κ3) is 4.41. The van der Waals surface area contributed by atoms with E-state index in [2.05, 4.69) is 58.0 Å². The number of pyridine rings is 2. The standard InChI is InChI=1S/C33H29N5/c1-20(2)27-18-16-22-15-17-25-26(19-28(21(3)4)35-30(25)29(22)34-27)33-37-31(23-11-7-5-8-12-23)36-32(38-33)24-13-9-6-10-14-24/h5-21H,1-4H3. The maximum Gasteiger partial charge on any atom is 0.164 e. The molecule has 0 atom stereocenters. The highest BCUT2D eigenvalue weighted by atomic mass is 15.0. The van der Waals surface area contributed by atoms with Crippen molar-refractivity contribution in [1.82, 2.24) is 24.9 Å². The third-order valence-corrected chi connectivity index (χ3v) is 6.80. The number of hydrogen-bond acceptors (Lipinski definition) is 5. The number of nitrogens with zero attached hydrogens (tertiary/aromatic N) is 5. The Hall–Kier alpha value is -4.51.